The number of rotatable bonds is 4. The Morgan fingerprint density at radius 1 is 1.47 bits per heavy atom. The molecule has 1 saturated heterocycles. The van der Waals surface area contributed by atoms with Crippen LogP contribution in [0, 0.1) is 0 Å². The minimum absolute atomic E-state index is 0.0997. The van der Waals surface area contributed by atoms with E-state index in [1.165, 1.54) is 5.56 Å². The maximum atomic E-state index is 5.45. The van der Waals surface area contributed by atoms with E-state index >= 15 is 0 Å². The van der Waals surface area contributed by atoms with Gasteiger partial charge < -0.3 is 14.8 Å². The number of hydrogen-bond donors (Lipinski definition) is 1. The average Bonchev–Trinajstić information content (AvgIpc) is 2.76. The SMILES string of the molecule is COc1cccc([C@H](C)N[C@@]2(C)CCOC2)c1. The Kier molecular flexibility index (Phi) is 3.69. The van der Waals surface area contributed by atoms with Crippen LogP contribution in [0.2, 0.25) is 0 Å². The Hall–Kier alpha value is -1.06. The van der Waals surface area contributed by atoms with Gasteiger partial charge in [-0.25, -0.2) is 0 Å². The molecule has 0 aromatic heterocycles. The van der Waals surface area contributed by atoms with Crippen molar-refractivity contribution in [2.24, 2.45) is 0 Å². The Morgan fingerprint density at radius 3 is 2.94 bits per heavy atom. The lowest BCUT2D eigenvalue weighted by Crippen LogP contribution is -2.44. The van der Waals surface area contributed by atoms with Crippen LogP contribution in [0.1, 0.15) is 31.9 Å². The molecule has 1 aromatic rings. The second-order valence-corrected chi connectivity index (χ2v) is 5.01. The predicted octanol–water partition coefficient (Wildman–Crippen LogP) is 2.52. The van der Waals surface area contributed by atoms with Crippen LogP contribution in [-0.2, 0) is 4.74 Å². The molecule has 1 aliphatic heterocycles. The molecule has 0 unspecified atom stereocenters. The zero-order valence-electron chi connectivity index (χ0n) is 10.8. The van der Waals surface area contributed by atoms with Gasteiger partial charge in [-0.05, 0) is 38.0 Å². The summed E-state index contributed by atoms with van der Waals surface area (Å²) in [6, 6.07) is 8.50. The highest BCUT2D eigenvalue weighted by atomic mass is 16.5. The molecule has 94 valence electrons. The van der Waals surface area contributed by atoms with Crippen molar-refractivity contribution in [3.63, 3.8) is 0 Å². The molecule has 1 aromatic carbocycles. The monoisotopic (exact) mass is 235 g/mol. The third-order valence-electron chi connectivity index (χ3n) is 3.38. The number of hydrogen-bond acceptors (Lipinski definition) is 3. The zero-order valence-corrected chi connectivity index (χ0v) is 10.8. The standard InChI is InChI=1S/C14H21NO2/c1-11(15-14(2)7-8-17-10-14)12-5-4-6-13(9-12)16-3/h4-6,9,11,15H,7-8,10H2,1-3H3/t11-,14-/m0/s1. The van der Waals surface area contributed by atoms with Crippen LogP contribution in [0.15, 0.2) is 24.3 Å². The highest BCUT2D eigenvalue weighted by Crippen LogP contribution is 2.24. The van der Waals surface area contributed by atoms with Gasteiger partial charge in [0.2, 0.25) is 0 Å². The summed E-state index contributed by atoms with van der Waals surface area (Å²) in [5.41, 5.74) is 1.35. The lowest BCUT2D eigenvalue weighted by atomic mass is 9.98. The number of benzene rings is 1. The first-order valence-electron chi connectivity index (χ1n) is 6.12. The molecule has 0 amide bonds. The quantitative estimate of drug-likeness (QED) is 0.870. The van der Waals surface area contributed by atoms with Crippen LogP contribution in [0.3, 0.4) is 0 Å². The molecule has 1 fully saturated rings. The van der Waals surface area contributed by atoms with Gasteiger partial charge in [-0.2, -0.15) is 0 Å². The van der Waals surface area contributed by atoms with Crippen molar-refractivity contribution >= 4 is 0 Å². The average molecular weight is 235 g/mol. The van der Waals surface area contributed by atoms with E-state index in [2.05, 4.69) is 31.3 Å². The Balaban J connectivity index is 2.05. The van der Waals surface area contributed by atoms with Gasteiger partial charge >= 0.3 is 0 Å². The second-order valence-electron chi connectivity index (χ2n) is 5.01. The summed E-state index contributed by atoms with van der Waals surface area (Å²) in [6.07, 6.45) is 1.07. The summed E-state index contributed by atoms with van der Waals surface area (Å²) in [6.45, 7) is 6.05. The van der Waals surface area contributed by atoms with Gasteiger partial charge in [-0.15, -0.1) is 0 Å². The van der Waals surface area contributed by atoms with E-state index in [1.54, 1.807) is 7.11 Å². The number of nitrogens with one attached hydrogen (secondary N) is 1. The molecule has 17 heavy (non-hydrogen) atoms. The van der Waals surface area contributed by atoms with Crippen LogP contribution in [0.5, 0.6) is 5.75 Å². The fourth-order valence-corrected chi connectivity index (χ4v) is 2.30. The van der Waals surface area contributed by atoms with E-state index in [0.717, 1.165) is 25.4 Å². The first-order valence-corrected chi connectivity index (χ1v) is 6.12. The molecule has 1 heterocycles. The molecule has 2 atom stereocenters. The van der Waals surface area contributed by atoms with Gasteiger partial charge in [-0.3, -0.25) is 0 Å². The number of methoxy groups -OCH3 is 1. The lowest BCUT2D eigenvalue weighted by Gasteiger charge is -2.28. The largest absolute Gasteiger partial charge is 0.497 e. The molecule has 2 rings (SSSR count). The smallest absolute Gasteiger partial charge is 0.119 e. The van der Waals surface area contributed by atoms with Crippen LogP contribution >= 0.6 is 0 Å². The molecule has 0 radical (unpaired) electrons. The second kappa shape index (κ2) is 5.07. The van der Waals surface area contributed by atoms with Crippen LogP contribution in [0.4, 0.5) is 0 Å². The fourth-order valence-electron chi connectivity index (χ4n) is 2.30. The van der Waals surface area contributed by atoms with Gasteiger partial charge in [0.1, 0.15) is 5.75 Å². The van der Waals surface area contributed by atoms with E-state index in [4.69, 9.17) is 9.47 Å². The van der Waals surface area contributed by atoms with Crippen molar-refractivity contribution in [1.82, 2.24) is 5.32 Å². The Labute approximate surface area is 103 Å². The third kappa shape index (κ3) is 2.99. The maximum Gasteiger partial charge on any atom is 0.119 e. The third-order valence-corrected chi connectivity index (χ3v) is 3.38. The van der Waals surface area contributed by atoms with Gasteiger partial charge in [0.25, 0.3) is 0 Å². The fraction of sp³-hybridized carbons (Fsp3) is 0.571. The molecule has 3 nitrogen and oxygen atoms in total. The van der Waals surface area contributed by atoms with E-state index in [0.29, 0.717) is 6.04 Å². The molecule has 3 heteroatoms. The van der Waals surface area contributed by atoms with Gasteiger partial charge in [0.05, 0.1) is 13.7 Å². The van der Waals surface area contributed by atoms with E-state index in [-0.39, 0.29) is 5.54 Å². The van der Waals surface area contributed by atoms with Crippen LogP contribution in [-0.4, -0.2) is 25.9 Å². The summed E-state index contributed by atoms with van der Waals surface area (Å²) in [7, 11) is 1.70. The van der Waals surface area contributed by atoms with Crippen LogP contribution < -0.4 is 10.1 Å². The van der Waals surface area contributed by atoms with Crippen molar-refractivity contribution < 1.29 is 9.47 Å². The Bertz CT molecular complexity index is 372. The van der Waals surface area contributed by atoms with Crippen molar-refractivity contribution in [1.29, 1.82) is 0 Å². The normalized spacial score (nSPS) is 25.8. The first kappa shape index (κ1) is 12.4. The van der Waals surface area contributed by atoms with Crippen molar-refractivity contribution in [3.05, 3.63) is 29.8 Å². The van der Waals surface area contributed by atoms with E-state index < -0.39 is 0 Å². The Morgan fingerprint density at radius 2 is 2.29 bits per heavy atom. The zero-order chi connectivity index (χ0) is 12.3. The highest BCUT2D eigenvalue weighted by molar-refractivity contribution is 5.30. The molecule has 1 aliphatic rings. The molecule has 0 spiro atoms. The highest BCUT2D eigenvalue weighted by Gasteiger charge is 2.30. The summed E-state index contributed by atoms with van der Waals surface area (Å²) in [5.74, 6) is 0.906. The topological polar surface area (TPSA) is 30.5 Å². The molecular weight excluding hydrogens is 214 g/mol. The van der Waals surface area contributed by atoms with Gasteiger partial charge in [0.15, 0.2) is 0 Å². The van der Waals surface area contributed by atoms with Gasteiger partial charge in [-0.1, -0.05) is 12.1 Å². The van der Waals surface area contributed by atoms with Gasteiger partial charge in [0, 0.05) is 18.2 Å². The van der Waals surface area contributed by atoms with Crippen molar-refractivity contribution in [2.75, 3.05) is 20.3 Å². The molecule has 0 aliphatic carbocycles. The molecule has 0 saturated carbocycles. The number of ether oxygens (including phenoxy) is 2. The van der Waals surface area contributed by atoms with E-state index in [1.807, 2.05) is 12.1 Å². The predicted molar refractivity (Wildman–Crippen MR) is 68.4 cm³/mol. The van der Waals surface area contributed by atoms with Crippen LogP contribution in [0.25, 0.3) is 0 Å². The molecular formula is C14H21NO2. The maximum absolute atomic E-state index is 5.45. The summed E-state index contributed by atoms with van der Waals surface area (Å²) in [4.78, 5) is 0. The summed E-state index contributed by atoms with van der Waals surface area (Å²) < 4.78 is 10.7. The van der Waals surface area contributed by atoms with E-state index in [9.17, 15) is 0 Å². The molecule has 1 N–H and O–H groups in total. The lowest BCUT2D eigenvalue weighted by molar-refractivity contribution is 0.167. The first-order chi connectivity index (χ1) is 8.13. The molecule has 0 bridgehead atoms. The minimum atomic E-state index is 0.0997. The summed E-state index contributed by atoms with van der Waals surface area (Å²) >= 11 is 0. The van der Waals surface area contributed by atoms with Crippen molar-refractivity contribution in [3.8, 4) is 5.75 Å². The van der Waals surface area contributed by atoms with Crippen molar-refractivity contribution in [2.45, 2.75) is 31.8 Å². The minimum Gasteiger partial charge on any atom is -0.497 e. The summed E-state index contributed by atoms with van der Waals surface area (Å²) in [5, 5.41) is 3.64.